The molecule has 0 radical (unpaired) electrons. The molecule has 0 bridgehead atoms. The van der Waals surface area contributed by atoms with Crippen molar-refractivity contribution < 1.29 is 4.79 Å². The Morgan fingerprint density at radius 1 is 1.31 bits per heavy atom. The molecule has 0 spiro atoms. The van der Waals surface area contributed by atoms with Crippen LogP contribution in [-0.2, 0) is 10.7 Å². The van der Waals surface area contributed by atoms with Crippen molar-refractivity contribution in [2.24, 2.45) is 0 Å². The van der Waals surface area contributed by atoms with Gasteiger partial charge in [0.25, 0.3) is 0 Å². The fourth-order valence-corrected chi connectivity index (χ4v) is 2.14. The van der Waals surface area contributed by atoms with Gasteiger partial charge in [-0.2, -0.15) is 0 Å². The van der Waals surface area contributed by atoms with E-state index in [0.29, 0.717) is 0 Å². The summed E-state index contributed by atoms with van der Waals surface area (Å²) in [6.07, 6.45) is 3.60. The van der Waals surface area contributed by atoms with Crippen LogP contribution in [0.1, 0.15) is 15.9 Å². The summed E-state index contributed by atoms with van der Waals surface area (Å²) in [5.74, 6) is -0.0888. The quantitative estimate of drug-likeness (QED) is 0.781. The number of carbonyl (C=O) groups is 1. The van der Waals surface area contributed by atoms with Crippen molar-refractivity contribution in [1.29, 1.82) is 0 Å². The van der Waals surface area contributed by atoms with Crippen molar-refractivity contribution in [3.63, 3.8) is 0 Å². The monoisotopic (exact) mass is 327 g/mol. The normalized spacial score (nSPS) is 10.4. The first-order valence-electron chi connectivity index (χ1n) is 3.63. The van der Waals surface area contributed by atoms with Crippen LogP contribution in [0, 0.1) is 0 Å². The van der Waals surface area contributed by atoms with Crippen LogP contribution < -0.4 is 0 Å². The van der Waals surface area contributed by atoms with E-state index in [9.17, 15) is 4.79 Å². The fraction of sp³-hybridized carbons (Fsp3) is 0.375. The molecule has 0 fully saturated rings. The predicted octanol–water partition coefficient (Wildman–Crippen LogP) is 3.16. The number of carbonyl (C=O) groups excluding carboxylic acids is 1. The van der Waals surface area contributed by atoms with Gasteiger partial charge >= 0.3 is 0 Å². The summed E-state index contributed by atoms with van der Waals surface area (Å²) in [5, 5.41) is 1.49. The van der Waals surface area contributed by atoms with Crippen LogP contribution in [0.5, 0.6) is 0 Å². The maximum atomic E-state index is 11.2. The summed E-state index contributed by atoms with van der Waals surface area (Å²) in [5.41, 5.74) is 2.21. The molecule has 0 saturated carbocycles. The van der Waals surface area contributed by atoms with E-state index in [0.717, 1.165) is 21.8 Å². The lowest BCUT2D eigenvalue weighted by Gasteiger charge is -1.94. The highest BCUT2D eigenvalue weighted by atomic mass is 79.9. The molecule has 13 heavy (non-hydrogen) atoms. The highest BCUT2D eigenvalue weighted by Gasteiger charge is 2.08. The summed E-state index contributed by atoms with van der Waals surface area (Å²) in [7, 11) is 0. The average Bonchev–Trinajstić information content (AvgIpc) is 2.59. The second-order valence-electron chi connectivity index (χ2n) is 2.51. The molecule has 0 amide bonds. The summed E-state index contributed by atoms with van der Waals surface area (Å²) in [6.45, 7) is 0. The van der Waals surface area contributed by atoms with Gasteiger partial charge in [0, 0.05) is 23.1 Å². The minimum atomic E-state index is -0.101. The summed E-state index contributed by atoms with van der Waals surface area (Å²) >= 11 is 12.2. The van der Waals surface area contributed by atoms with E-state index in [1.165, 1.54) is 4.57 Å². The molecular formula is C8H8Br2ClNO. The van der Waals surface area contributed by atoms with Crippen LogP contribution in [0.4, 0.5) is 0 Å². The van der Waals surface area contributed by atoms with Crippen LogP contribution in [0.2, 0.25) is 0 Å². The number of aromatic nitrogens is 1. The maximum absolute atomic E-state index is 11.2. The van der Waals surface area contributed by atoms with Gasteiger partial charge in [0.1, 0.15) is 5.88 Å². The van der Waals surface area contributed by atoms with Crippen molar-refractivity contribution in [3.05, 3.63) is 23.5 Å². The molecule has 2 nitrogen and oxygen atoms in total. The Hall–Kier alpha value is 0.200. The van der Waals surface area contributed by atoms with Gasteiger partial charge in [0.05, 0.1) is 0 Å². The van der Waals surface area contributed by atoms with Gasteiger partial charge in [-0.15, -0.1) is 11.6 Å². The lowest BCUT2D eigenvalue weighted by Crippen LogP contribution is -2.08. The number of nitrogens with zero attached hydrogens (tertiary/aromatic N) is 1. The van der Waals surface area contributed by atoms with Crippen molar-refractivity contribution in [3.8, 4) is 0 Å². The zero-order chi connectivity index (χ0) is 9.84. The Morgan fingerprint density at radius 2 is 1.77 bits per heavy atom. The van der Waals surface area contributed by atoms with Gasteiger partial charge in [-0.3, -0.25) is 9.36 Å². The number of hydrogen-bond donors (Lipinski definition) is 0. The van der Waals surface area contributed by atoms with E-state index < -0.39 is 0 Å². The molecule has 1 aromatic heterocycles. The summed E-state index contributed by atoms with van der Waals surface area (Å²) < 4.78 is 1.53. The Morgan fingerprint density at radius 3 is 2.08 bits per heavy atom. The average molecular weight is 329 g/mol. The zero-order valence-electron chi connectivity index (χ0n) is 6.77. The molecule has 0 aromatic carbocycles. The first-order chi connectivity index (χ1) is 6.22. The molecule has 1 aromatic rings. The van der Waals surface area contributed by atoms with E-state index in [1.54, 1.807) is 12.4 Å². The summed E-state index contributed by atoms with van der Waals surface area (Å²) in [6, 6.07) is 0. The first-order valence-corrected chi connectivity index (χ1v) is 6.41. The number of alkyl halides is 3. The Bertz CT molecular complexity index is 290. The molecule has 1 heterocycles. The van der Waals surface area contributed by atoms with Crippen LogP contribution >= 0.6 is 43.5 Å². The SMILES string of the molecule is O=C(CCl)n1cc(CBr)c(CBr)c1. The maximum Gasteiger partial charge on any atom is 0.245 e. The molecule has 0 atom stereocenters. The van der Waals surface area contributed by atoms with Crippen LogP contribution in [-0.4, -0.2) is 16.4 Å². The molecule has 0 N–H and O–H groups in total. The standard InChI is InChI=1S/C8H8Br2ClNO/c9-1-6-4-12(8(13)3-11)5-7(6)2-10/h4-5H,1-3H2. The third-order valence-electron chi connectivity index (χ3n) is 1.69. The smallest absolute Gasteiger partial charge is 0.245 e. The van der Waals surface area contributed by atoms with Gasteiger partial charge in [-0.1, -0.05) is 31.9 Å². The van der Waals surface area contributed by atoms with Crippen LogP contribution in [0.3, 0.4) is 0 Å². The molecule has 0 saturated heterocycles. The topological polar surface area (TPSA) is 22.0 Å². The number of halogens is 3. The van der Waals surface area contributed by atoms with Gasteiger partial charge < -0.3 is 0 Å². The van der Waals surface area contributed by atoms with Crippen LogP contribution in [0.25, 0.3) is 0 Å². The van der Waals surface area contributed by atoms with Crippen molar-refractivity contribution in [2.75, 3.05) is 5.88 Å². The summed E-state index contributed by atoms with van der Waals surface area (Å²) in [4.78, 5) is 11.2. The van der Waals surface area contributed by atoms with Gasteiger partial charge in [-0.25, -0.2) is 0 Å². The van der Waals surface area contributed by atoms with Gasteiger partial charge in [0.2, 0.25) is 5.91 Å². The van der Waals surface area contributed by atoms with E-state index >= 15 is 0 Å². The van der Waals surface area contributed by atoms with Crippen molar-refractivity contribution >= 4 is 49.4 Å². The van der Waals surface area contributed by atoms with Gasteiger partial charge in [0.15, 0.2) is 0 Å². The molecule has 0 aliphatic carbocycles. The fourth-order valence-electron chi connectivity index (χ4n) is 0.993. The van der Waals surface area contributed by atoms with E-state index in [4.69, 9.17) is 11.6 Å². The second kappa shape index (κ2) is 5.17. The highest BCUT2D eigenvalue weighted by molar-refractivity contribution is 9.09. The Labute approximate surface area is 98.5 Å². The largest absolute Gasteiger partial charge is 0.293 e. The first kappa shape index (κ1) is 11.3. The van der Waals surface area contributed by atoms with Crippen LogP contribution in [0.15, 0.2) is 12.4 Å². The molecule has 0 unspecified atom stereocenters. The van der Waals surface area contributed by atoms with Crippen molar-refractivity contribution in [2.45, 2.75) is 10.7 Å². The van der Waals surface area contributed by atoms with E-state index in [1.807, 2.05) is 0 Å². The zero-order valence-corrected chi connectivity index (χ0v) is 10.7. The van der Waals surface area contributed by atoms with Crippen molar-refractivity contribution in [1.82, 2.24) is 4.57 Å². The Kier molecular flexibility index (Phi) is 4.49. The van der Waals surface area contributed by atoms with E-state index in [2.05, 4.69) is 31.9 Å². The highest BCUT2D eigenvalue weighted by Crippen LogP contribution is 2.17. The molecular weight excluding hydrogens is 321 g/mol. The molecule has 5 heteroatoms. The minimum absolute atomic E-state index is 0.0120. The number of rotatable bonds is 3. The van der Waals surface area contributed by atoms with Gasteiger partial charge in [-0.05, 0) is 11.1 Å². The minimum Gasteiger partial charge on any atom is -0.293 e. The third kappa shape index (κ3) is 2.58. The third-order valence-corrected chi connectivity index (χ3v) is 3.13. The predicted molar refractivity (Wildman–Crippen MR) is 61.0 cm³/mol. The molecule has 72 valence electrons. The lowest BCUT2D eigenvalue weighted by atomic mass is 10.2. The number of hydrogen-bond acceptors (Lipinski definition) is 1. The van der Waals surface area contributed by atoms with E-state index in [-0.39, 0.29) is 11.8 Å². The molecule has 1 rings (SSSR count). The Balaban J connectivity index is 2.99. The second-order valence-corrected chi connectivity index (χ2v) is 3.90. The molecule has 0 aliphatic heterocycles. The molecule has 0 aliphatic rings. The lowest BCUT2D eigenvalue weighted by molar-refractivity contribution is 0.0940.